The number of aryl methyl sites for hydroxylation is 1. The average molecular weight is 356 g/mol. The number of halogens is 1. The van der Waals surface area contributed by atoms with Crippen LogP contribution < -0.4 is 10.6 Å². The zero-order chi connectivity index (χ0) is 18.5. The van der Waals surface area contributed by atoms with E-state index in [0.717, 1.165) is 11.3 Å². The fraction of sp³-hybridized carbons (Fsp3) is 0.176. The van der Waals surface area contributed by atoms with Crippen LogP contribution in [0.5, 0.6) is 0 Å². The maximum absolute atomic E-state index is 13.6. The molecule has 0 bridgehead atoms. The molecule has 1 aromatic heterocycles. The molecule has 2 aromatic carbocycles. The molecule has 0 aliphatic heterocycles. The Morgan fingerprint density at radius 1 is 1.31 bits per heavy atom. The summed E-state index contributed by atoms with van der Waals surface area (Å²) in [5.74, 6) is -0.521. The molecule has 1 heterocycles. The number of hydrogen-bond donors (Lipinski definition) is 3. The lowest BCUT2D eigenvalue weighted by Gasteiger charge is -2.14. The van der Waals surface area contributed by atoms with E-state index in [9.17, 15) is 14.3 Å². The molecule has 3 rings (SSSR count). The summed E-state index contributed by atoms with van der Waals surface area (Å²) in [6, 6.07) is 10.6. The van der Waals surface area contributed by atoms with Gasteiger partial charge in [-0.3, -0.25) is 0 Å². The number of urea groups is 1. The van der Waals surface area contributed by atoms with Gasteiger partial charge in [0.05, 0.1) is 11.8 Å². The Morgan fingerprint density at radius 2 is 2.12 bits per heavy atom. The standard InChI is InChI=1S/C17H17FN6O2/c1-11-6-7-12(8-15(11)24-10-20-22-23-24)21-17(26)19-9-16(25)13-4-2-3-5-14(13)18/h2-8,10,16,25H,9H2,1H3,(H2,19,21,26). The number of amides is 2. The Kier molecular flexibility index (Phi) is 5.18. The predicted octanol–water partition coefficient (Wildman–Crippen LogP) is 1.96. The van der Waals surface area contributed by atoms with Gasteiger partial charge in [0.25, 0.3) is 0 Å². The molecule has 8 nitrogen and oxygen atoms in total. The van der Waals surface area contributed by atoms with Crippen molar-refractivity contribution < 1.29 is 14.3 Å². The summed E-state index contributed by atoms with van der Waals surface area (Å²) in [6.07, 6.45) is 0.313. The Morgan fingerprint density at radius 3 is 2.85 bits per heavy atom. The molecule has 0 saturated heterocycles. The van der Waals surface area contributed by atoms with Gasteiger partial charge in [0.1, 0.15) is 12.1 Å². The first-order valence-electron chi connectivity index (χ1n) is 7.86. The van der Waals surface area contributed by atoms with E-state index in [1.165, 1.54) is 29.2 Å². The van der Waals surface area contributed by atoms with Gasteiger partial charge in [0.15, 0.2) is 0 Å². The molecule has 0 spiro atoms. The molecule has 0 aliphatic carbocycles. The van der Waals surface area contributed by atoms with Gasteiger partial charge >= 0.3 is 6.03 Å². The van der Waals surface area contributed by atoms with Crippen molar-refractivity contribution >= 4 is 11.7 Å². The molecule has 0 aliphatic rings. The zero-order valence-electron chi connectivity index (χ0n) is 13.9. The van der Waals surface area contributed by atoms with Crippen molar-refractivity contribution in [2.45, 2.75) is 13.0 Å². The molecule has 9 heteroatoms. The predicted molar refractivity (Wildman–Crippen MR) is 92.3 cm³/mol. The first-order chi connectivity index (χ1) is 12.5. The Balaban J connectivity index is 1.62. The SMILES string of the molecule is Cc1ccc(NC(=O)NCC(O)c2ccccc2F)cc1-n1cnnn1. The molecule has 2 amide bonds. The lowest BCUT2D eigenvalue weighted by Crippen LogP contribution is -2.32. The minimum absolute atomic E-state index is 0.127. The number of hydrogen-bond acceptors (Lipinski definition) is 5. The van der Waals surface area contributed by atoms with Crippen LogP contribution in [0.2, 0.25) is 0 Å². The van der Waals surface area contributed by atoms with Crippen LogP contribution in [-0.2, 0) is 0 Å². The molecule has 26 heavy (non-hydrogen) atoms. The van der Waals surface area contributed by atoms with Crippen LogP contribution in [0.15, 0.2) is 48.8 Å². The Labute approximate surface area is 148 Å². The minimum Gasteiger partial charge on any atom is -0.386 e. The number of aliphatic hydroxyl groups is 1. The van der Waals surface area contributed by atoms with E-state index in [1.807, 2.05) is 13.0 Å². The maximum atomic E-state index is 13.6. The third-order valence-corrected chi connectivity index (χ3v) is 3.78. The highest BCUT2D eigenvalue weighted by Gasteiger charge is 2.13. The first kappa shape index (κ1) is 17.5. The number of tetrazole rings is 1. The second kappa shape index (κ2) is 7.70. The summed E-state index contributed by atoms with van der Waals surface area (Å²) in [6.45, 7) is 1.77. The smallest absolute Gasteiger partial charge is 0.319 e. The van der Waals surface area contributed by atoms with Crippen LogP contribution >= 0.6 is 0 Å². The van der Waals surface area contributed by atoms with Gasteiger partial charge in [-0.2, -0.15) is 0 Å². The number of carbonyl (C=O) groups excluding carboxylic acids is 1. The summed E-state index contributed by atoms with van der Waals surface area (Å²) in [7, 11) is 0. The summed E-state index contributed by atoms with van der Waals surface area (Å²) < 4.78 is 15.1. The van der Waals surface area contributed by atoms with Crippen LogP contribution in [-0.4, -0.2) is 37.9 Å². The van der Waals surface area contributed by atoms with Gasteiger partial charge < -0.3 is 15.7 Å². The van der Waals surface area contributed by atoms with E-state index < -0.39 is 18.0 Å². The van der Waals surface area contributed by atoms with Crippen LogP contribution in [0.1, 0.15) is 17.2 Å². The van der Waals surface area contributed by atoms with Crippen molar-refractivity contribution in [3.05, 3.63) is 65.7 Å². The largest absolute Gasteiger partial charge is 0.386 e. The van der Waals surface area contributed by atoms with Gasteiger partial charge in [-0.05, 0) is 41.1 Å². The van der Waals surface area contributed by atoms with E-state index in [1.54, 1.807) is 18.2 Å². The van der Waals surface area contributed by atoms with Crippen molar-refractivity contribution in [3.8, 4) is 5.69 Å². The van der Waals surface area contributed by atoms with E-state index in [4.69, 9.17) is 0 Å². The lowest BCUT2D eigenvalue weighted by molar-refractivity contribution is 0.170. The normalized spacial score (nSPS) is 11.8. The summed E-state index contributed by atoms with van der Waals surface area (Å²) in [4.78, 5) is 12.0. The highest BCUT2D eigenvalue weighted by molar-refractivity contribution is 5.89. The molecule has 134 valence electrons. The number of nitrogens with zero attached hydrogens (tertiary/aromatic N) is 4. The van der Waals surface area contributed by atoms with Crippen LogP contribution in [0.25, 0.3) is 5.69 Å². The van der Waals surface area contributed by atoms with E-state index in [2.05, 4.69) is 26.2 Å². The second-order valence-electron chi connectivity index (χ2n) is 5.63. The minimum atomic E-state index is -1.14. The number of carbonyl (C=O) groups is 1. The maximum Gasteiger partial charge on any atom is 0.319 e. The van der Waals surface area contributed by atoms with Crippen molar-refractivity contribution in [2.75, 3.05) is 11.9 Å². The number of nitrogens with one attached hydrogen (secondary N) is 2. The van der Waals surface area contributed by atoms with Gasteiger partial charge in [0.2, 0.25) is 0 Å². The molecular weight excluding hydrogens is 339 g/mol. The van der Waals surface area contributed by atoms with Crippen molar-refractivity contribution in [1.29, 1.82) is 0 Å². The van der Waals surface area contributed by atoms with Gasteiger partial charge in [-0.25, -0.2) is 13.9 Å². The van der Waals surface area contributed by atoms with Crippen LogP contribution in [0.3, 0.4) is 0 Å². The number of aromatic nitrogens is 4. The molecule has 0 fully saturated rings. The van der Waals surface area contributed by atoms with E-state index in [0.29, 0.717) is 5.69 Å². The Bertz CT molecular complexity index is 900. The number of anilines is 1. The van der Waals surface area contributed by atoms with Crippen LogP contribution in [0.4, 0.5) is 14.9 Å². The monoisotopic (exact) mass is 356 g/mol. The van der Waals surface area contributed by atoms with Crippen molar-refractivity contribution in [2.24, 2.45) is 0 Å². The summed E-state index contributed by atoms with van der Waals surface area (Å²) in [5.41, 5.74) is 2.31. The molecule has 0 saturated carbocycles. The average Bonchev–Trinajstić information content (AvgIpc) is 3.16. The third kappa shape index (κ3) is 4.01. The fourth-order valence-electron chi connectivity index (χ4n) is 2.43. The highest BCUT2D eigenvalue weighted by Crippen LogP contribution is 2.18. The van der Waals surface area contributed by atoms with Crippen molar-refractivity contribution in [1.82, 2.24) is 25.5 Å². The Hall–Kier alpha value is -3.33. The number of aliphatic hydroxyl groups excluding tert-OH is 1. The van der Waals surface area contributed by atoms with Gasteiger partial charge in [-0.1, -0.05) is 24.3 Å². The lowest BCUT2D eigenvalue weighted by atomic mass is 10.1. The van der Waals surface area contributed by atoms with E-state index in [-0.39, 0.29) is 12.1 Å². The molecule has 3 N–H and O–H groups in total. The first-order valence-corrected chi connectivity index (χ1v) is 7.86. The highest BCUT2D eigenvalue weighted by atomic mass is 19.1. The molecule has 0 radical (unpaired) electrons. The van der Waals surface area contributed by atoms with Gasteiger partial charge in [0, 0.05) is 17.8 Å². The van der Waals surface area contributed by atoms with E-state index >= 15 is 0 Å². The molecule has 1 atom stereocenters. The quantitative estimate of drug-likeness (QED) is 0.648. The third-order valence-electron chi connectivity index (χ3n) is 3.78. The van der Waals surface area contributed by atoms with Crippen LogP contribution in [0, 0.1) is 12.7 Å². The number of benzene rings is 2. The summed E-state index contributed by atoms with van der Waals surface area (Å²) >= 11 is 0. The van der Waals surface area contributed by atoms with Crippen molar-refractivity contribution in [3.63, 3.8) is 0 Å². The second-order valence-corrected chi connectivity index (χ2v) is 5.63. The number of rotatable bonds is 5. The summed E-state index contributed by atoms with van der Waals surface area (Å²) in [5, 5.41) is 26.2. The van der Waals surface area contributed by atoms with Gasteiger partial charge in [-0.15, -0.1) is 5.10 Å². The topological polar surface area (TPSA) is 105 Å². The fourth-order valence-corrected chi connectivity index (χ4v) is 2.43. The molecule has 3 aromatic rings. The zero-order valence-corrected chi connectivity index (χ0v) is 13.9. The molecule has 1 unspecified atom stereocenters. The molecular formula is C17H17FN6O2.